The summed E-state index contributed by atoms with van der Waals surface area (Å²) in [6.45, 7) is 10.2. The number of carbonyl (C=O) groups excluding carboxylic acids is 3. The first-order valence-electron chi connectivity index (χ1n) is 10.5. The zero-order valence-electron chi connectivity index (χ0n) is 18.2. The summed E-state index contributed by atoms with van der Waals surface area (Å²) in [5, 5.41) is 9.56. The van der Waals surface area contributed by atoms with Crippen LogP contribution < -0.4 is 10.6 Å². The lowest BCUT2D eigenvalue weighted by atomic mass is 9.96. The molecule has 1 heterocycles. The number of ether oxygens (including phenoxy) is 1. The number of esters is 1. The van der Waals surface area contributed by atoms with Gasteiger partial charge in [0.15, 0.2) is 6.10 Å². The summed E-state index contributed by atoms with van der Waals surface area (Å²) in [7, 11) is 0. The van der Waals surface area contributed by atoms with Crippen molar-refractivity contribution in [2.45, 2.75) is 91.8 Å². The van der Waals surface area contributed by atoms with Crippen LogP contribution in [0.4, 0.5) is 4.79 Å². The van der Waals surface area contributed by atoms with E-state index in [0.717, 1.165) is 49.2 Å². The molecule has 1 fully saturated rings. The molecule has 1 aromatic rings. The molecule has 0 radical (unpaired) electrons. The number of imide groups is 1. The van der Waals surface area contributed by atoms with Crippen molar-refractivity contribution in [3.63, 3.8) is 0 Å². The van der Waals surface area contributed by atoms with Gasteiger partial charge in [0, 0.05) is 23.8 Å². The SMILES string of the molecule is Cc1nn(CC(C)C)c(C)c1CC(=O)OC(C)C(=O)NC(=O)NC1CCCCC1. The lowest BCUT2D eigenvalue weighted by molar-refractivity contribution is -0.153. The number of rotatable bonds is 7. The quantitative estimate of drug-likeness (QED) is 0.678. The smallest absolute Gasteiger partial charge is 0.321 e. The molecule has 1 atom stereocenters. The molecule has 1 aliphatic carbocycles. The first kappa shape index (κ1) is 22.9. The second kappa shape index (κ2) is 10.4. The van der Waals surface area contributed by atoms with Gasteiger partial charge in [-0.15, -0.1) is 0 Å². The second-order valence-corrected chi connectivity index (χ2v) is 8.33. The van der Waals surface area contributed by atoms with E-state index >= 15 is 0 Å². The second-order valence-electron chi connectivity index (χ2n) is 8.33. The van der Waals surface area contributed by atoms with E-state index in [2.05, 4.69) is 29.6 Å². The number of nitrogens with zero attached hydrogens (tertiary/aromatic N) is 2. The molecule has 3 amide bonds. The van der Waals surface area contributed by atoms with Crippen molar-refractivity contribution < 1.29 is 19.1 Å². The fourth-order valence-corrected chi connectivity index (χ4v) is 3.63. The maximum absolute atomic E-state index is 12.3. The number of amides is 3. The molecule has 1 aromatic heterocycles. The van der Waals surface area contributed by atoms with E-state index in [1.54, 1.807) is 0 Å². The van der Waals surface area contributed by atoms with Crippen LogP contribution in [-0.2, 0) is 27.3 Å². The highest BCUT2D eigenvalue weighted by atomic mass is 16.5. The first-order chi connectivity index (χ1) is 13.7. The molecule has 2 rings (SSSR count). The Labute approximate surface area is 172 Å². The number of urea groups is 1. The third-order valence-electron chi connectivity index (χ3n) is 5.25. The normalized spacial score (nSPS) is 15.8. The molecule has 0 saturated heterocycles. The van der Waals surface area contributed by atoms with Gasteiger partial charge in [0.05, 0.1) is 12.1 Å². The minimum Gasteiger partial charge on any atom is -0.452 e. The van der Waals surface area contributed by atoms with E-state index in [-0.39, 0.29) is 12.5 Å². The molecule has 29 heavy (non-hydrogen) atoms. The van der Waals surface area contributed by atoms with Crippen LogP contribution in [0.25, 0.3) is 0 Å². The number of nitrogens with one attached hydrogen (secondary N) is 2. The molecule has 2 N–H and O–H groups in total. The summed E-state index contributed by atoms with van der Waals surface area (Å²) in [5.41, 5.74) is 2.53. The Hall–Kier alpha value is -2.38. The predicted octanol–water partition coefficient (Wildman–Crippen LogP) is 2.79. The maximum atomic E-state index is 12.3. The number of hydrogen-bond donors (Lipinski definition) is 2. The highest BCUT2D eigenvalue weighted by Gasteiger charge is 2.23. The summed E-state index contributed by atoms with van der Waals surface area (Å²) < 4.78 is 7.14. The fraction of sp³-hybridized carbons (Fsp3) is 0.714. The van der Waals surface area contributed by atoms with Gasteiger partial charge in [0.1, 0.15) is 0 Å². The van der Waals surface area contributed by atoms with Crippen molar-refractivity contribution in [2.75, 3.05) is 0 Å². The van der Waals surface area contributed by atoms with Crippen LogP contribution in [0.3, 0.4) is 0 Å². The van der Waals surface area contributed by atoms with Gasteiger partial charge in [-0.05, 0) is 39.5 Å². The van der Waals surface area contributed by atoms with E-state index < -0.39 is 24.0 Å². The van der Waals surface area contributed by atoms with Gasteiger partial charge in [0.2, 0.25) is 0 Å². The van der Waals surface area contributed by atoms with Gasteiger partial charge < -0.3 is 10.1 Å². The molecule has 8 nitrogen and oxygen atoms in total. The van der Waals surface area contributed by atoms with E-state index in [1.165, 1.54) is 13.3 Å². The predicted molar refractivity (Wildman–Crippen MR) is 109 cm³/mol. The van der Waals surface area contributed by atoms with Crippen molar-refractivity contribution in [3.8, 4) is 0 Å². The number of carbonyl (C=O) groups is 3. The van der Waals surface area contributed by atoms with Gasteiger partial charge in [-0.2, -0.15) is 5.10 Å². The third kappa shape index (κ3) is 6.87. The standard InChI is InChI=1S/C21H34N4O4/c1-13(2)12-25-15(4)18(14(3)24-25)11-19(26)29-16(5)20(27)23-21(28)22-17-9-7-6-8-10-17/h13,16-17H,6-12H2,1-5H3,(H2,22,23,27,28). The van der Waals surface area contributed by atoms with Crippen LogP contribution in [0, 0.1) is 19.8 Å². The highest BCUT2D eigenvalue weighted by Crippen LogP contribution is 2.17. The van der Waals surface area contributed by atoms with Gasteiger partial charge >= 0.3 is 12.0 Å². The molecule has 1 aliphatic rings. The largest absolute Gasteiger partial charge is 0.452 e. The summed E-state index contributed by atoms with van der Waals surface area (Å²) in [5.74, 6) is -0.706. The Morgan fingerprint density at radius 1 is 1.14 bits per heavy atom. The summed E-state index contributed by atoms with van der Waals surface area (Å²) in [6.07, 6.45) is 4.19. The monoisotopic (exact) mass is 406 g/mol. The number of aromatic nitrogens is 2. The summed E-state index contributed by atoms with van der Waals surface area (Å²) >= 11 is 0. The molecular formula is C21H34N4O4. The van der Waals surface area contributed by atoms with Crippen molar-refractivity contribution >= 4 is 17.9 Å². The van der Waals surface area contributed by atoms with Crippen LogP contribution in [0.2, 0.25) is 0 Å². The zero-order chi connectivity index (χ0) is 21.6. The average Bonchev–Trinajstić information content (AvgIpc) is 2.89. The van der Waals surface area contributed by atoms with Crippen molar-refractivity contribution in [1.29, 1.82) is 0 Å². The summed E-state index contributed by atoms with van der Waals surface area (Å²) in [4.78, 5) is 36.5. The maximum Gasteiger partial charge on any atom is 0.321 e. The van der Waals surface area contributed by atoms with Gasteiger partial charge in [-0.25, -0.2) is 4.79 Å². The molecule has 1 unspecified atom stereocenters. The van der Waals surface area contributed by atoms with Crippen LogP contribution in [0.5, 0.6) is 0 Å². The van der Waals surface area contributed by atoms with Gasteiger partial charge in [0.25, 0.3) is 5.91 Å². The first-order valence-corrected chi connectivity index (χ1v) is 10.5. The Kier molecular flexibility index (Phi) is 8.22. The topological polar surface area (TPSA) is 102 Å². The summed E-state index contributed by atoms with van der Waals surface area (Å²) in [6, 6.07) is -0.436. The average molecular weight is 407 g/mol. The molecule has 1 saturated carbocycles. The zero-order valence-corrected chi connectivity index (χ0v) is 18.2. The molecule has 0 bridgehead atoms. The Morgan fingerprint density at radius 3 is 2.41 bits per heavy atom. The van der Waals surface area contributed by atoms with Gasteiger partial charge in [-0.1, -0.05) is 33.1 Å². The van der Waals surface area contributed by atoms with E-state index in [9.17, 15) is 14.4 Å². The molecule has 0 spiro atoms. The van der Waals surface area contributed by atoms with Crippen molar-refractivity contribution in [2.24, 2.45) is 5.92 Å². The minimum absolute atomic E-state index is 0.0433. The lowest BCUT2D eigenvalue weighted by Gasteiger charge is -2.23. The molecule has 8 heteroatoms. The van der Waals surface area contributed by atoms with E-state index in [0.29, 0.717) is 5.92 Å². The Morgan fingerprint density at radius 2 is 1.79 bits per heavy atom. The molecular weight excluding hydrogens is 372 g/mol. The van der Waals surface area contributed by atoms with Crippen molar-refractivity contribution in [1.82, 2.24) is 20.4 Å². The third-order valence-corrected chi connectivity index (χ3v) is 5.25. The van der Waals surface area contributed by atoms with Gasteiger partial charge in [-0.3, -0.25) is 19.6 Å². The molecule has 0 aliphatic heterocycles. The number of aryl methyl sites for hydroxylation is 1. The van der Waals surface area contributed by atoms with Crippen LogP contribution in [0.15, 0.2) is 0 Å². The van der Waals surface area contributed by atoms with Crippen LogP contribution in [-0.4, -0.2) is 39.8 Å². The minimum atomic E-state index is -1.05. The number of hydrogen-bond acceptors (Lipinski definition) is 5. The lowest BCUT2D eigenvalue weighted by Crippen LogP contribution is -2.48. The van der Waals surface area contributed by atoms with Crippen LogP contribution >= 0.6 is 0 Å². The Bertz CT molecular complexity index is 735. The van der Waals surface area contributed by atoms with E-state index in [4.69, 9.17) is 4.74 Å². The Balaban J connectivity index is 1.84. The van der Waals surface area contributed by atoms with E-state index in [1.807, 2.05) is 18.5 Å². The van der Waals surface area contributed by atoms with Crippen molar-refractivity contribution in [3.05, 3.63) is 17.0 Å². The molecule has 0 aromatic carbocycles. The fourth-order valence-electron chi connectivity index (χ4n) is 3.63. The van der Waals surface area contributed by atoms with Crippen LogP contribution in [0.1, 0.15) is 69.8 Å². The molecule has 162 valence electrons. The highest BCUT2D eigenvalue weighted by molar-refractivity contribution is 5.97.